The number of allylic oxidation sites excluding steroid dienone is 2. The largest absolute Gasteiger partial charge is 0.466 e. The van der Waals surface area contributed by atoms with Crippen LogP contribution >= 0.6 is 0 Å². The first kappa shape index (κ1) is 17.3. The second kappa shape index (κ2) is 6.57. The monoisotopic (exact) mass is 336 g/mol. The molecule has 0 aliphatic carbocycles. The van der Waals surface area contributed by atoms with Crippen LogP contribution in [0.4, 0.5) is 5.88 Å². The Hall–Kier alpha value is -3.10. The van der Waals surface area contributed by atoms with Crippen molar-refractivity contribution >= 4 is 17.8 Å². The summed E-state index contributed by atoms with van der Waals surface area (Å²) in [5.41, 5.74) is 1.07. The molecule has 9 nitrogen and oxygen atoms in total. The summed E-state index contributed by atoms with van der Waals surface area (Å²) < 4.78 is 14.5. The molecule has 0 unspecified atom stereocenters. The number of nitrogens with zero attached hydrogens (tertiary/aromatic N) is 1. The number of rotatable bonds is 4. The van der Waals surface area contributed by atoms with Gasteiger partial charge in [0.25, 0.3) is 0 Å². The van der Waals surface area contributed by atoms with Gasteiger partial charge in [0, 0.05) is 11.4 Å². The molecule has 0 amide bonds. The molecule has 1 aliphatic rings. The van der Waals surface area contributed by atoms with Gasteiger partial charge < -0.3 is 19.2 Å². The van der Waals surface area contributed by atoms with Crippen LogP contribution in [0.15, 0.2) is 39.3 Å². The molecule has 0 atom stereocenters. The second-order valence-corrected chi connectivity index (χ2v) is 5.06. The highest BCUT2D eigenvalue weighted by atomic mass is 16.6. The van der Waals surface area contributed by atoms with Crippen LogP contribution < -0.4 is 5.32 Å². The zero-order valence-electron chi connectivity index (χ0n) is 13.5. The summed E-state index contributed by atoms with van der Waals surface area (Å²) >= 11 is 0. The lowest BCUT2D eigenvalue weighted by atomic mass is 9.81. The Labute approximate surface area is 137 Å². The molecule has 1 aromatic heterocycles. The molecule has 1 aliphatic heterocycles. The average molecular weight is 336 g/mol. The van der Waals surface area contributed by atoms with Gasteiger partial charge in [0.2, 0.25) is 0 Å². The Kier molecular flexibility index (Phi) is 4.72. The lowest BCUT2D eigenvalue weighted by molar-refractivity contribution is -0.402. The zero-order chi connectivity index (χ0) is 18.0. The Balaban J connectivity index is 2.75. The summed E-state index contributed by atoms with van der Waals surface area (Å²) in [5.74, 6) is -3.01. The molecule has 0 fully saturated rings. The molecule has 128 valence electrons. The quantitative estimate of drug-likeness (QED) is 0.501. The molecule has 1 N–H and O–H groups in total. The van der Waals surface area contributed by atoms with Crippen molar-refractivity contribution in [2.75, 3.05) is 14.2 Å². The number of carbonyl (C=O) groups excluding carboxylic acids is 2. The molecule has 0 saturated heterocycles. The van der Waals surface area contributed by atoms with Crippen LogP contribution in [-0.2, 0) is 19.1 Å². The van der Waals surface area contributed by atoms with Gasteiger partial charge in [-0.25, -0.2) is 9.59 Å². The standard InChI is InChI=1S/C15H16N2O7/c1-7-10(14(18)22-3)12(9-5-6-24-13(9)17(20)21)11(8(2)16-7)15(19)23-4/h5-6,12,16H,1-4H3. The number of methoxy groups -OCH3 is 2. The predicted molar refractivity (Wildman–Crippen MR) is 80.7 cm³/mol. The van der Waals surface area contributed by atoms with Gasteiger partial charge in [0.15, 0.2) is 0 Å². The maximum absolute atomic E-state index is 12.2. The van der Waals surface area contributed by atoms with Crippen LogP contribution in [0.3, 0.4) is 0 Å². The molecule has 0 spiro atoms. The van der Waals surface area contributed by atoms with Crippen molar-refractivity contribution in [1.82, 2.24) is 5.32 Å². The molecule has 1 aromatic rings. The van der Waals surface area contributed by atoms with Crippen LogP contribution in [-0.4, -0.2) is 31.1 Å². The molecular weight excluding hydrogens is 320 g/mol. The topological polar surface area (TPSA) is 121 Å². The summed E-state index contributed by atoms with van der Waals surface area (Å²) in [7, 11) is 2.37. The SMILES string of the molecule is COC(=O)C1=C(C)NC(C)=C(C(=O)OC)C1c1ccoc1[N+](=O)[O-]. The minimum atomic E-state index is -1.04. The first-order chi connectivity index (χ1) is 11.3. The van der Waals surface area contributed by atoms with E-state index in [1.54, 1.807) is 13.8 Å². The third-order valence-corrected chi connectivity index (χ3v) is 3.72. The average Bonchev–Trinajstić information content (AvgIpc) is 3.02. The fraction of sp³-hybridized carbons (Fsp3) is 0.333. The van der Waals surface area contributed by atoms with E-state index in [1.807, 2.05) is 0 Å². The van der Waals surface area contributed by atoms with Crippen LogP contribution in [0, 0.1) is 10.1 Å². The number of ether oxygens (including phenoxy) is 2. The van der Waals surface area contributed by atoms with Crippen molar-refractivity contribution in [3.63, 3.8) is 0 Å². The van der Waals surface area contributed by atoms with E-state index in [0.29, 0.717) is 11.4 Å². The summed E-state index contributed by atoms with van der Waals surface area (Å²) in [6.45, 7) is 3.23. The first-order valence-corrected chi connectivity index (χ1v) is 6.90. The van der Waals surface area contributed by atoms with E-state index in [4.69, 9.17) is 13.9 Å². The van der Waals surface area contributed by atoms with Crippen LogP contribution in [0.25, 0.3) is 0 Å². The molecule has 24 heavy (non-hydrogen) atoms. The van der Waals surface area contributed by atoms with Gasteiger partial charge in [-0.05, 0) is 19.9 Å². The number of furan rings is 1. The normalized spacial score (nSPS) is 15.2. The van der Waals surface area contributed by atoms with Gasteiger partial charge in [0.1, 0.15) is 4.92 Å². The second-order valence-electron chi connectivity index (χ2n) is 5.06. The van der Waals surface area contributed by atoms with Gasteiger partial charge in [-0.15, -0.1) is 0 Å². The number of nitrogens with one attached hydrogen (secondary N) is 1. The van der Waals surface area contributed by atoms with Crippen LogP contribution in [0.5, 0.6) is 0 Å². The van der Waals surface area contributed by atoms with Gasteiger partial charge >= 0.3 is 17.8 Å². The van der Waals surface area contributed by atoms with E-state index in [9.17, 15) is 19.7 Å². The van der Waals surface area contributed by atoms with E-state index >= 15 is 0 Å². The Morgan fingerprint density at radius 3 is 2.08 bits per heavy atom. The van der Waals surface area contributed by atoms with Crippen LogP contribution in [0.2, 0.25) is 0 Å². The Bertz CT molecular complexity index is 735. The predicted octanol–water partition coefficient (Wildman–Crippen LogP) is 1.77. The molecule has 0 radical (unpaired) electrons. The highest BCUT2D eigenvalue weighted by molar-refractivity contribution is 6.00. The molecule has 0 saturated carbocycles. The van der Waals surface area contributed by atoms with E-state index in [2.05, 4.69) is 5.32 Å². The third kappa shape index (κ3) is 2.75. The van der Waals surface area contributed by atoms with Crippen LogP contribution in [0.1, 0.15) is 25.3 Å². The van der Waals surface area contributed by atoms with Gasteiger partial charge in [0.05, 0.1) is 43.1 Å². The zero-order valence-corrected chi connectivity index (χ0v) is 13.5. The van der Waals surface area contributed by atoms with Crippen molar-refractivity contribution < 1.29 is 28.4 Å². The number of nitro groups is 1. The van der Waals surface area contributed by atoms with E-state index in [-0.39, 0.29) is 16.7 Å². The summed E-state index contributed by atoms with van der Waals surface area (Å²) in [6.07, 6.45) is 1.13. The maximum atomic E-state index is 12.2. The number of esters is 2. The lowest BCUT2D eigenvalue weighted by Crippen LogP contribution is -2.32. The molecular formula is C15H16N2O7. The highest BCUT2D eigenvalue weighted by Gasteiger charge is 2.42. The van der Waals surface area contributed by atoms with Gasteiger partial charge in [-0.2, -0.15) is 0 Å². The van der Waals surface area contributed by atoms with E-state index in [1.165, 1.54) is 20.3 Å². The minimum Gasteiger partial charge on any atom is -0.466 e. The van der Waals surface area contributed by atoms with Crippen molar-refractivity contribution in [2.45, 2.75) is 19.8 Å². The molecule has 9 heteroatoms. The summed E-state index contributed by atoms with van der Waals surface area (Å²) in [4.78, 5) is 35.0. The first-order valence-electron chi connectivity index (χ1n) is 6.90. The number of hydrogen-bond acceptors (Lipinski definition) is 8. The van der Waals surface area contributed by atoms with Crippen molar-refractivity contribution in [1.29, 1.82) is 0 Å². The van der Waals surface area contributed by atoms with Crippen molar-refractivity contribution in [3.8, 4) is 0 Å². The number of carbonyl (C=O) groups is 2. The molecule has 0 bridgehead atoms. The molecule has 2 heterocycles. The third-order valence-electron chi connectivity index (χ3n) is 3.72. The smallest absolute Gasteiger partial charge is 0.437 e. The Morgan fingerprint density at radius 1 is 1.17 bits per heavy atom. The summed E-state index contributed by atoms with van der Waals surface area (Å²) in [6, 6.07) is 1.35. The fourth-order valence-electron chi connectivity index (χ4n) is 2.75. The molecule has 0 aromatic carbocycles. The highest BCUT2D eigenvalue weighted by Crippen LogP contribution is 2.42. The van der Waals surface area contributed by atoms with Gasteiger partial charge in [-0.3, -0.25) is 10.1 Å². The van der Waals surface area contributed by atoms with Gasteiger partial charge in [-0.1, -0.05) is 0 Å². The number of hydrogen-bond donors (Lipinski definition) is 1. The maximum Gasteiger partial charge on any atom is 0.437 e. The minimum absolute atomic E-state index is 0.0704. The van der Waals surface area contributed by atoms with E-state index in [0.717, 1.165) is 6.26 Å². The van der Waals surface area contributed by atoms with Crippen molar-refractivity contribution in [2.24, 2.45) is 0 Å². The number of dihydropyridines is 1. The summed E-state index contributed by atoms with van der Waals surface area (Å²) in [5, 5.41) is 14.1. The van der Waals surface area contributed by atoms with Crippen molar-refractivity contribution in [3.05, 3.63) is 50.5 Å². The fourth-order valence-corrected chi connectivity index (χ4v) is 2.75. The lowest BCUT2D eigenvalue weighted by Gasteiger charge is -2.28. The molecule has 2 rings (SSSR count). The van der Waals surface area contributed by atoms with E-state index < -0.39 is 28.7 Å². The Morgan fingerprint density at radius 2 is 1.67 bits per heavy atom.